The van der Waals surface area contributed by atoms with Crippen molar-refractivity contribution < 1.29 is 9.18 Å². The van der Waals surface area contributed by atoms with Crippen LogP contribution in [0.3, 0.4) is 0 Å². The molecule has 4 rings (SSSR count). The Morgan fingerprint density at radius 2 is 2.16 bits per heavy atom. The van der Waals surface area contributed by atoms with E-state index in [2.05, 4.69) is 10.3 Å². The molecule has 0 saturated heterocycles. The molecule has 1 aliphatic rings. The number of rotatable bonds is 3. The van der Waals surface area contributed by atoms with E-state index >= 15 is 0 Å². The summed E-state index contributed by atoms with van der Waals surface area (Å²) in [6.45, 7) is 0. The third-order valence-electron chi connectivity index (χ3n) is 4.77. The number of amides is 1. The fourth-order valence-electron chi connectivity index (χ4n) is 3.63. The summed E-state index contributed by atoms with van der Waals surface area (Å²) in [6, 6.07) is 12.1. The molecule has 3 aromatic rings. The van der Waals surface area contributed by atoms with E-state index in [1.807, 2.05) is 18.2 Å². The number of carbonyl (C=O) groups is 1. The van der Waals surface area contributed by atoms with Crippen molar-refractivity contribution in [2.24, 2.45) is 0 Å². The van der Waals surface area contributed by atoms with Gasteiger partial charge < -0.3 is 10.3 Å². The summed E-state index contributed by atoms with van der Waals surface area (Å²) in [5, 5.41) is 4.98. The molecule has 0 aliphatic heterocycles. The van der Waals surface area contributed by atoms with Crippen LogP contribution in [0.2, 0.25) is 5.02 Å². The van der Waals surface area contributed by atoms with Gasteiger partial charge in [0.25, 0.3) is 0 Å². The molecule has 1 aromatic heterocycles. The number of aromatic nitrogens is 1. The van der Waals surface area contributed by atoms with Crippen LogP contribution in [0.4, 0.5) is 4.39 Å². The summed E-state index contributed by atoms with van der Waals surface area (Å²) in [6.07, 6.45) is 2.78. The van der Waals surface area contributed by atoms with Crippen LogP contribution in [0.15, 0.2) is 42.5 Å². The third kappa shape index (κ3) is 3.40. The molecule has 0 saturated carbocycles. The molecule has 1 atom stereocenters. The first-order valence-corrected chi connectivity index (χ1v) is 8.79. The second-order valence-corrected chi connectivity index (χ2v) is 7.02. The van der Waals surface area contributed by atoms with Gasteiger partial charge in [-0.15, -0.1) is 0 Å². The fraction of sp³-hybridized carbons (Fsp3) is 0.250. The Morgan fingerprint density at radius 3 is 3.00 bits per heavy atom. The molecule has 0 radical (unpaired) electrons. The van der Waals surface area contributed by atoms with E-state index in [4.69, 9.17) is 11.6 Å². The van der Waals surface area contributed by atoms with Gasteiger partial charge in [-0.1, -0.05) is 29.8 Å². The number of hydrogen-bond donors (Lipinski definition) is 2. The molecule has 2 aromatic carbocycles. The van der Waals surface area contributed by atoms with Gasteiger partial charge in [0.1, 0.15) is 5.82 Å². The summed E-state index contributed by atoms with van der Waals surface area (Å²) in [4.78, 5) is 15.7. The Labute approximate surface area is 150 Å². The third-order valence-corrected chi connectivity index (χ3v) is 5.00. The highest BCUT2D eigenvalue weighted by molar-refractivity contribution is 6.31. The Bertz CT molecular complexity index is 950. The first kappa shape index (κ1) is 16.2. The molecular formula is C20H18ClFN2O. The van der Waals surface area contributed by atoms with Gasteiger partial charge in [0.05, 0.1) is 6.42 Å². The summed E-state index contributed by atoms with van der Waals surface area (Å²) in [7, 11) is 0. The zero-order valence-corrected chi connectivity index (χ0v) is 14.4. The second kappa shape index (κ2) is 6.52. The minimum Gasteiger partial charge on any atom is -0.358 e. The number of hydrogen-bond acceptors (Lipinski definition) is 1. The largest absolute Gasteiger partial charge is 0.358 e. The number of benzene rings is 2. The van der Waals surface area contributed by atoms with Crippen LogP contribution < -0.4 is 5.32 Å². The molecular weight excluding hydrogens is 339 g/mol. The van der Waals surface area contributed by atoms with Gasteiger partial charge in [0.2, 0.25) is 5.91 Å². The van der Waals surface area contributed by atoms with Crippen molar-refractivity contribution in [3.8, 4) is 0 Å². The van der Waals surface area contributed by atoms with Gasteiger partial charge in [-0.05, 0) is 54.7 Å². The Balaban J connectivity index is 1.47. The zero-order chi connectivity index (χ0) is 17.4. The molecule has 1 unspecified atom stereocenters. The molecule has 25 heavy (non-hydrogen) atoms. The van der Waals surface area contributed by atoms with E-state index < -0.39 is 0 Å². The van der Waals surface area contributed by atoms with Gasteiger partial charge in [-0.2, -0.15) is 0 Å². The molecule has 2 N–H and O–H groups in total. The minimum atomic E-state index is -0.315. The molecule has 0 spiro atoms. The predicted octanol–water partition coefficient (Wildman–Crippen LogP) is 4.18. The molecule has 3 nitrogen and oxygen atoms in total. The molecule has 5 heteroatoms. The average Bonchev–Trinajstić information content (AvgIpc) is 2.91. The van der Waals surface area contributed by atoms with Crippen molar-refractivity contribution in [2.45, 2.75) is 31.7 Å². The van der Waals surface area contributed by atoms with Crippen LogP contribution in [0.5, 0.6) is 0 Å². The van der Waals surface area contributed by atoms with E-state index in [9.17, 15) is 9.18 Å². The monoisotopic (exact) mass is 356 g/mol. The van der Waals surface area contributed by atoms with E-state index in [0.717, 1.165) is 24.8 Å². The van der Waals surface area contributed by atoms with Crippen LogP contribution in [0.25, 0.3) is 10.9 Å². The zero-order valence-electron chi connectivity index (χ0n) is 13.6. The standard InChI is InChI=1S/C20H18ClFN2O/c21-13-4-6-16-17-11-15(5-7-18(17)24-19(16)10-13)23-20(25)9-12-2-1-3-14(22)8-12/h1-4,6,8,10,15,24H,5,7,9,11H2,(H,23,25). The highest BCUT2D eigenvalue weighted by atomic mass is 35.5. The van der Waals surface area contributed by atoms with Gasteiger partial charge >= 0.3 is 0 Å². The summed E-state index contributed by atoms with van der Waals surface area (Å²) >= 11 is 6.06. The van der Waals surface area contributed by atoms with Crippen molar-refractivity contribution in [3.63, 3.8) is 0 Å². The van der Waals surface area contributed by atoms with Crippen LogP contribution in [-0.2, 0) is 24.1 Å². The van der Waals surface area contributed by atoms with E-state index in [-0.39, 0.29) is 24.2 Å². The SMILES string of the molecule is O=C(Cc1cccc(F)c1)NC1CCc2[nH]c3cc(Cl)ccc3c2C1. The Morgan fingerprint density at radius 1 is 1.28 bits per heavy atom. The van der Waals surface area contributed by atoms with E-state index in [1.54, 1.807) is 12.1 Å². The highest BCUT2D eigenvalue weighted by Gasteiger charge is 2.23. The number of fused-ring (bicyclic) bond motifs is 3. The van der Waals surface area contributed by atoms with Crippen LogP contribution in [0.1, 0.15) is 23.2 Å². The lowest BCUT2D eigenvalue weighted by atomic mass is 9.91. The minimum absolute atomic E-state index is 0.0677. The predicted molar refractivity (Wildman–Crippen MR) is 97.4 cm³/mol. The van der Waals surface area contributed by atoms with Gasteiger partial charge in [0.15, 0.2) is 0 Å². The number of aromatic amines is 1. The molecule has 1 amide bonds. The summed E-state index contributed by atoms with van der Waals surface area (Å²) < 4.78 is 13.2. The summed E-state index contributed by atoms with van der Waals surface area (Å²) in [5.74, 6) is -0.382. The summed E-state index contributed by atoms with van der Waals surface area (Å²) in [5.41, 5.74) is 4.22. The van der Waals surface area contributed by atoms with Crippen molar-refractivity contribution in [1.82, 2.24) is 10.3 Å². The van der Waals surface area contributed by atoms with Gasteiger partial charge in [-0.3, -0.25) is 4.79 Å². The van der Waals surface area contributed by atoms with Crippen molar-refractivity contribution in [1.29, 1.82) is 0 Å². The number of nitrogens with one attached hydrogen (secondary N) is 2. The van der Waals surface area contributed by atoms with E-state index in [0.29, 0.717) is 10.6 Å². The highest BCUT2D eigenvalue weighted by Crippen LogP contribution is 2.30. The second-order valence-electron chi connectivity index (χ2n) is 6.59. The fourth-order valence-corrected chi connectivity index (χ4v) is 3.80. The quantitative estimate of drug-likeness (QED) is 0.726. The number of H-pyrrole nitrogens is 1. The lowest BCUT2D eigenvalue weighted by Gasteiger charge is -2.23. The first-order chi connectivity index (χ1) is 12.1. The molecule has 0 fully saturated rings. The smallest absolute Gasteiger partial charge is 0.224 e. The lowest BCUT2D eigenvalue weighted by Crippen LogP contribution is -2.39. The van der Waals surface area contributed by atoms with Crippen molar-refractivity contribution in [3.05, 3.63) is 70.1 Å². The van der Waals surface area contributed by atoms with E-state index in [1.165, 1.54) is 28.8 Å². The van der Waals surface area contributed by atoms with Gasteiger partial charge in [0, 0.05) is 27.7 Å². The van der Waals surface area contributed by atoms with Crippen LogP contribution in [0, 0.1) is 5.82 Å². The molecule has 128 valence electrons. The maximum atomic E-state index is 13.2. The van der Waals surface area contributed by atoms with Crippen LogP contribution in [-0.4, -0.2) is 16.9 Å². The average molecular weight is 357 g/mol. The number of halogens is 2. The molecule has 1 aliphatic carbocycles. The number of carbonyl (C=O) groups excluding carboxylic acids is 1. The van der Waals surface area contributed by atoms with Crippen molar-refractivity contribution in [2.75, 3.05) is 0 Å². The normalized spacial score (nSPS) is 16.6. The first-order valence-electron chi connectivity index (χ1n) is 8.41. The Hall–Kier alpha value is -2.33. The molecule has 0 bridgehead atoms. The Kier molecular flexibility index (Phi) is 4.22. The number of aryl methyl sites for hydroxylation is 1. The van der Waals surface area contributed by atoms with Gasteiger partial charge in [-0.25, -0.2) is 4.39 Å². The molecule has 1 heterocycles. The maximum Gasteiger partial charge on any atom is 0.224 e. The topological polar surface area (TPSA) is 44.9 Å². The lowest BCUT2D eigenvalue weighted by molar-refractivity contribution is -0.121. The van der Waals surface area contributed by atoms with Crippen molar-refractivity contribution >= 4 is 28.4 Å². The van der Waals surface area contributed by atoms with Crippen LogP contribution >= 0.6 is 11.6 Å². The maximum absolute atomic E-state index is 13.2.